The van der Waals surface area contributed by atoms with Crippen molar-refractivity contribution >= 4 is 27.0 Å². The van der Waals surface area contributed by atoms with Crippen LogP contribution in [0.1, 0.15) is 0 Å². The van der Waals surface area contributed by atoms with Gasteiger partial charge in [0.05, 0.1) is 22.4 Å². The lowest BCUT2D eigenvalue weighted by Crippen LogP contribution is -2.00. The zero-order valence-corrected chi connectivity index (χ0v) is 19.9. The van der Waals surface area contributed by atoms with E-state index in [9.17, 15) is 0 Å². The molecule has 2 aromatic heterocycles. The van der Waals surface area contributed by atoms with Crippen LogP contribution in [0.15, 0.2) is 126 Å². The Kier molecular flexibility index (Phi) is 5.28. The Morgan fingerprint density at radius 2 is 1.21 bits per heavy atom. The van der Waals surface area contributed by atoms with E-state index in [1.54, 1.807) is 0 Å². The number of para-hydroxylation sites is 2. The maximum absolute atomic E-state index is 5.15. The van der Waals surface area contributed by atoms with E-state index in [1.165, 1.54) is 0 Å². The molecule has 0 N–H and O–H groups in total. The molecule has 34 heavy (non-hydrogen) atoms. The molecule has 0 spiro atoms. The van der Waals surface area contributed by atoms with Crippen molar-refractivity contribution in [2.75, 3.05) is 0 Å². The van der Waals surface area contributed by atoms with E-state index < -0.39 is 0 Å². The third-order valence-electron chi connectivity index (χ3n) is 5.90. The zero-order chi connectivity index (χ0) is 22.9. The van der Waals surface area contributed by atoms with Gasteiger partial charge in [0.25, 0.3) is 0 Å². The molecule has 162 valence electrons. The molecular weight excluding hydrogens is 482 g/mol. The first-order chi connectivity index (χ1) is 16.8. The van der Waals surface area contributed by atoms with E-state index in [1.807, 2.05) is 42.5 Å². The fourth-order valence-corrected chi connectivity index (χ4v) is 4.55. The van der Waals surface area contributed by atoms with Crippen LogP contribution in [0.3, 0.4) is 0 Å². The number of pyridine rings is 1. The summed E-state index contributed by atoms with van der Waals surface area (Å²) in [6.07, 6.45) is 0. The molecule has 3 nitrogen and oxygen atoms in total. The van der Waals surface area contributed by atoms with E-state index in [0.717, 1.165) is 55.1 Å². The second-order valence-electron chi connectivity index (χ2n) is 8.06. The largest absolute Gasteiger partial charge is 0.292 e. The first kappa shape index (κ1) is 20.6. The van der Waals surface area contributed by atoms with Crippen LogP contribution in [0, 0.1) is 0 Å². The van der Waals surface area contributed by atoms with E-state index >= 15 is 0 Å². The lowest BCUT2D eigenvalue weighted by Gasteiger charge is -2.14. The maximum atomic E-state index is 5.15. The highest BCUT2D eigenvalue weighted by atomic mass is 79.9. The first-order valence-electron chi connectivity index (χ1n) is 11.1. The van der Waals surface area contributed by atoms with Gasteiger partial charge >= 0.3 is 0 Å². The maximum Gasteiger partial charge on any atom is 0.147 e. The normalized spacial score (nSPS) is 11.1. The van der Waals surface area contributed by atoms with Gasteiger partial charge in [-0.25, -0.2) is 9.97 Å². The minimum atomic E-state index is 0.870. The van der Waals surface area contributed by atoms with Crippen LogP contribution in [0.4, 0.5) is 0 Å². The van der Waals surface area contributed by atoms with Crippen LogP contribution >= 0.6 is 15.9 Å². The standard InChI is InChI=1S/C30H20BrN3/c31-23-15-17-24(18-16-23)34-28-14-8-7-13-27(28)33-30(34)25-19-20-26(21-9-3-1-4-10-21)32-29(25)22-11-5-2-6-12-22/h1-20H. The summed E-state index contributed by atoms with van der Waals surface area (Å²) < 4.78 is 3.26. The molecule has 0 radical (unpaired) electrons. The summed E-state index contributed by atoms with van der Waals surface area (Å²) in [5, 5.41) is 0. The molecule has 0 unspecified atom stereocenters. The molecule has 4 heteroatoms. The van der Waals surface area contributed by atoms with Crippen LogP contribution in [-0.4, -0.2) is 14.5 Å². The van der Waals surface area contributed by atoms with Crippen molar-refractivity contribution in [2.24, 2.45) is 0 Å². The molecule has 0 fully saturated rings. The van der Waals surface area contributed by atoms with E-state index in [-0.39, 0.29) is 0 Å². The van der Waals surface area contributed by atoms with Crippen molar-refractivity contribution < 1.29 is 0 Å². The van der Waals surface area contributed by atoms with Crippen molar-refractivity contribution in [3.63, 3.8) is 0 Å². The van der Waals surface area contributed by atoms with Crippen molar-refractivity contribution in [1.82, 2.24) is 14.5 Å². The number of halogens is 1. The number of aromatic nitrogens is 3. The summed E-state index contributed by atoms with van der Waals surface area (Å²) >= 11 is 3.56. The molecule has 6 rings (SSSR count). The molecule has 6 aromatic rings. The van der Waals surface area contributed by atoms with Crippen LogP contribution in [-0.2, 0) is 0 Å². The first-order valence-corrected chi connectivity index (χ1v) is 11.9. The predicted molar refractivity (Wildman–Crippen MR) is 143 cm³/mol. The highest BCUT2D eigenvalue weighted by Crippen LogP contribution is 2.36. The summed E-state index contributed by atoms with van der Waals surface area (Å²) in [5.41, 5.74) is 8.06. The summed E-state index contributed by atoms with van der Waals surface area (Å²) in [4.78, 5) is 10.2. The zero-order valence-electron chi connectivity index (χ0n) is 18.3. The van der Waals surface area contributed by atoms with Gasteiger partial charge in [0.2, 0.25) is 0 Å². The molecule has 0 aliphatic carbocycles. The number of imidazole rings is 1. The number of hydrogen-bond acceptors (Lipinski definition) is 2. The SMILES string of the molecule is Brc1ccc(-n2c(-c3ccc(-c4ccccc4)nc3-c3ccccc3)nc3ccccc32)cc1. The molecule has 0 saturated carbocycles. The van der Waals surface area contributed by atoms with Crippen LogP contribution in [0.25, 0.3) is 50.6 Å². The van der Waals surface area contributed by atoms with Gasteiger partial charge in [-0.05, 0) is 48.5 Å². The highest BCUT2D eigenvalue weighted by molar-refractivity contribution is 9.10. The monoisotopic (exact) mass is 501 g/mol. The van der Waals surface area contributed by atoms with Crippen LogP contribution in [0.2, 0.25) is 0 Å². The fourth-order valence-electron chi connectivity index (χ4n) is 4.28. The van der Waals surface area contributed by atoms with Gasteiger partial charge in [-0.1, -0.05) is 88.7 Å². The molecule has 0 atom stereocenters. The van der Waals surface area contributed by atoms with E-state index in [2.05, 4.69) is 99.4 Å². The van der Waals surface area contributed by atoms with Crippen molar-refractivity contribution in [3.8, 4) is 39.6 Å². The van der Waals surface area contributed by atoms with Crippen LogP contribution < -0.4 is 0 Å². The minimum Gasteiger partial charge on any atom is -0.292 e. The topological polar surface area (TPSA) is 30.7 Å². The van der Waals surface area contributed by atoms with Gasteiger partial charge in [-0.15, -0.1) is 0 Å². The molecular formula is C30H20BrN3. The summed E-state index contributed by atoms with van der Waals surface area (Å²) in [6.45, 7) is 0. The van der Waals surface area contributed by atoms with Gasteiger partial charge in [0, 0.05) is 26.9 Å². The molecule has 0 aliphatic rings. The Labute approximate surface area is 206 Å². The number of benzene rings is 4. The fraction of sp³-hybridized carbons (Fsp3) is 0. The minimum absolute atomic E-state index is 0.870. The van der Waals surface area contributed by atoms with E-state index in [0.29, 0.717) is 0 Å². The summed E-state index contributed by atoms with van der Waals surface area (Å²) in [7, 11) is 0. The number of hydrogen-bond donors (Lipinski definition) is 0. The average molecular weight is 502 g/mol. The third kappa shape index (κ3) is 3.72. The van der Waals surface area contributed by atoms with Gasteiger partial charge in [-0.2, -0.15) is 0 Å². The third-order valence-corrected chi connectivity index (χ3v) is 6.43. The smallest absolute Gasteiger partial charge is 0.147 e. The molecule has 0 amide bonds. The van der Waals surface area contributed by atoms with Crippen molar-refractivity contribution in [3.05, 3.63) is 126 Å². The number of fused-ring (bicyclic) bond motifs is 1. The Hall–Kier alpha value is -4.02. The summed E-state index contributed by atoms with van der Waals surface area (Å²) in [5.74, 6) is 0.870. The predicted octanol–water partition coefficient (Wildman–Crippen LogP) is 8.18. The Morgan fingerprint density at radius 1 is 0.559 bits per heavy atom. The van der Waals surface area contributed by atoms with Gasteiger partial charge < -0.3 is 0 Å². The second-order valence-corrected chi connectivity index (χ2v) is 8.98. The van der Waals surface area contributed by atoms with Gasteiger partial charge in [-0.3, -0.25) is 4.57 Å². The highest BCUT2D eigenvalue weighted by Gasteiger charge is 2.19. The average Bonchev–Trinajstić information content (AvgIpc) is 3.29. The van der Waals surface area contributed by atoms with Gasteiger partial charge in [0.1, 0.15) is 5.82 Å². The lowest BCUT2D eigenvalue weighted by molar-refractivity contribution is 1.10. The Bertz CT molecular complexity index is 1590. The van der Waals surface area contributed by atoms with Gasteiger partial charge in [0.15, 0.2) is 0 Å². The molecule has 0 bridgehead atoms. The molecule has 0 saturated heterocycles. The quantitative estimate of drug-likeness (QED) is 0.243. The summed E-state index contributed by atoms with van der Waals surface area (Å²) in [6, 6.07) is 41.4. The lowest BCUT2D eigenvalue weighted by atomic mass is 10.0. The van der Waals surface area contributed by atoms with E-state index in [4.69, 9.17) is 9.97 Å². The Morgan fingerprint density at radius 3 is 1.94 bits per heavy atom. The number of rotatable bonds is 4. The number of nitrogens with zero attached hydrogens (tertiary/aromatic N) is 3. The second kappa shape index (κ2) is 8.73. The Balaban J connectivity index is 1.64. The van der Waals surface area contributed by atoms with Crippen molar-refractivity contribution in [1.29, 1.82) is 0 Å². The molecule has 4 aromatic carbocycles. The van der Waals surface area contributed by atoms with Crippen molar-refractivity contribution in [2.45, 2.75) is 0 Å². The molecule has 0 aliphatic heterocycles. The molecule has 2 heterocycles. The van der Waals surface area contributed by atoms with Crippen LogP contribution in [0.5, 0.6) is 0 Å².